The topological polar surface area (TPSA) is 56.0 Å². The van der Waals surface area contributed by atoms with Crippen LogP contribution in [0, 0.1) is 28.5 Å². The molecule has 0 radical (unpaired) electrons. The monoisotopic (exact) mass is 292 g/mol. The predicted molar refractivity (Wildman–Crippen MR) is 82.2 cm³/mol. The summed E-state index contributed by atoms with van der Waals surface area (Å²) in [5.41, 5.74) is 0.550. The number of nitrogens with one attached hydrogen (secondary N) is 1. The number of benzene rings is 1. The van der Waals surface area contributed by atoms with Crippen LogP contribution in [-0.2, 0) is 0 Å². The Balaban J connectivity index is 2.74. The Labute approximate surface area is 126 Å². The van der Waals surface area contributed by atoms with E-state index in [4.69, 9.17) is 5.26 Å². The summed E-state index contributed by atoms with van der Waals surface area (Å²) in [5, 5.41) is 22.2. The molecule has 4 heteroatoms. The molecule has 1 aromatic rings. The van der Waals surface area contributed by atoms with Crippen LogP contribution >= 0.6 is 0 Å². The Kier molecular flexibility index (Phi) is 5.88. The molecule has 0 saturated heterocycles. The van der Waals surface area contributed by atoms with Crippen molar-refractivity contribution in [1.29, 1.82) is 5.26 Å². The standard InChI is InChI=1S/C17H25FN2O/c1-11(2)16(21)17(4,5)10-20-12(3)14-7-6-13(9-19)8-15(14)18/h6-8,11-12,16,20-21H,10H2,1-5H3. The van der Waals surface area contributed by atoms with Gasteiger partial charge in [0.2, 0.25) is 0 Å². The third-order valence-electron chi connectivity index (χ3n) is 3.89. The van der Waals surface area contributed by atoms with Gasteiger partial charge in [-0.1, -0.05) is 33.8 Å². The lowest BCUT2D eigenvalue weighted by Crippen LogP contribution is -2.42. The molecule has 116 valence electrons. The highest BCUT2D eigenvalue weighted by Gasteiger charge is 2.30. The van der Waals surface area contributed by atoms with Gasteiger partial charge in [0, 0.05) is 23.6 Å². The molecule has 0 amide bonds. The lowest BCUT2D eigenvalue weighted by Gasteiger charge is -2.34. The lowest BCUT2D eigenvalue weighted by atomic mass is 9.80. The first-order valence-corrected chi connectivity index (χ1v) is 7.30. The molecule has 0 bridgehead atoms. The van der Waals surface area contributed by atoms with Crippen molar-refractivity contribution >= 4 is 0 Å². The fourth-order valence-corrected chi connectivity index (χ4v) is 2.48. The summed E-state index contributed by atoms with van der Waals surface area (Å²) >= 11 is 0. The fraction of sp³-hybridized carbons (Fsp3) is 0.588. The van der Waals surface area contributed by atoms with Crippen LogP contribution in [0.5, 0.6) is 0 Å². The van der Waals surface area contributed by atoms with Gasteiger partial charge in [-0.15, -0.1) is 0 Å². The zero-order valence-corrected chi connectivity index (χ0v) is 13.4. The number of nitriles is 1. The molecule has 21 heavy (non-hydrogen) atoms. The van der Waals surface area contributed by atoms with Crippen LogP contribution in [0.15, 0.2) is 18.2 Å². The van der Waals surface area contributed by atoms with E-state index in [2.05, 4.69) is 5.32 Å². The molecule has 0 heterocycles. The SMILES string of the molecule is CC(NCC(C)(C)C(O)C(C)C)c1ccc(C#N)cc1F. The van der Waals surface area contributed by atoms with E-state index < -0.39 is 6.10 Å². The highest BCUT2D eigenvalue weighted by atomic mass is 19.1. The number of hydrogen-bond donors (Lipinski definition) is 2. The van der Waals surface area contributed by atoms with Crippen molar-refractivity contribution in [2.75, 3.05) is 6.54 Å². The van der Waals surface area contributed by atoms with Crippen LogP contribution in [0.1, 0.15) is 51.8 Å². The van der Waals surface area contributed by atoms with Gasteiger partial charge in [0.15, 0.2) is 0 Å². The summed E-state index contributed by atoms with van der Waals surface area (Å²) in [6, 6.07) is 6.24. The van der Waals surface area contributed by atoms with Gasteiger partial charge in [0.1, 0.15) is 5.82 Å². The minimum absolute atomic E-state index is 0.170. The van der Waals surface area contributed by atoms with Crippen molar-refractivity contribution in [2.45, 2.75) is 46.8 Å². The van der Waals surface area contributed by atoms with Gasteiger partial charge in [0.25, 0.3) is 0 Å². The molecule has 0 aliphatic carbocycles. The second-order valence-electron chi connectivity index (χ2n) is 6.63. The molecule has 0 saturated carbocycles. The molecule has 0 aliphatic heterocycles. The van der Waals surface area contributed by atoms with Crippen molar-refractivity contribution in [3.63, 3.8) is 0 Å². The van der Waals surface area contributed by atoms with E-state index in [1.165, 1.54) is 6.07 Å². The first kappa shape index (κ1) is 17.6. The molecule has 2 N–H and O–H groups in total. The molecule has 0 fully saturated rings. The molecule has 0 spiro atoms. The summed E-state index contributed by atoms with van der Waals surface area (Å²) in [4.78, 5) is 0. The number of aliphatic hydroxyl groups excluding tert-OH is 1. The van der Waals surface area contributed by atoms with Gasteiger partial charge in [-0.05, 0) is 25.0 Å². The van der Waals surface area contributed by atoms with Gasteiger partial charge in [-0.2, -0.15) is 5.26 Å². The molecule has 2 atom stereocenters. The van der Waals surface area contributed by atoms with E-state index in [0.717, 1.165) is 0 Å². The van der Waals surface area contributed by atoms with Crippen molar-refractivity contribution in [2.24, 2.45) is 11.3 Å². The highest BCUT2D eigenvalue weighted by Crippen LogP contribution is 2.27. The predicted octanol–water partition coefficient (Wildman–Crippen LogP) is 3.39. The van der Waals surface area contributed by atoms with Gasteiger partial charge in [-0.25, -0.2) is 4.39 Å². The molecule has 0 aliphatic rings. The third kappa shape index (κ3) is 4.52. The molecular formula is C17H25FN2O. The summed E-state index contributed by atoms with van der Waals surface area (Å²) in [6.07, 6.45) is -0.428. The zero-order valence-electron chi connectivity index (χ0n) is 13.4. The van der Waals surface area contributed by atoms with Crippen LogP contribution < -0.4 is 5.32 Å². The largest absolute Gasteiger partial charge is 0.392 e. The Hall–Kier alpha value is -1.44. The average molecular weight is 292 g/mol. The average Bonchev–Trinajstić information content (AvgIpc) is 2.43. The number of halogens is 1. The van der Waals surface area contributed by atoms with E-state index in [1.54, 1.807) is 12.1 Å². The van der Waals surface area contributed by atoms with E-state index in [1.807, 2.05) is 40.7 Å². The van der Waals surface area contributed by atoms with Crippen LogP contribution in [-0.4, -0.2) is 17.8 Å². The maximum absolute atomic E-state index is 14.0. The van der Waals surface area contributed by atoms with Gasteiger partial charge in [0.05, 0.1) is 17.7 Å². The van der Waals surface area contributed by atoms with Crippen LogP contribution in [0.25, 0.3) is 0 Å². The summed E-state index contributed by atoms with van der Waals surface area (Å²) in [7, 11) is 0. The Morgan fingerprint density at radius 1 is 1.33 bits per heavy atom. The summed E-state index contributed by atoms with van der Waals surface area (Å²) in [6.45, 7) is 10.4. The molecule has 1 rings (SSSR count). The zero-order chi connectivity index (χ0) is 16.2. The molecule has 0 aromatic heterocycles. The third-order valence-corrected chi connectivity index (χ3v) is 3.89. The first-order valence-electron chi connectivity index (χ1n) is 7.30. The highest BCUT2D eigenvalue weighted by molar-refractivity contribution is 5.34. The van der Waals surface area contributed by atoms with Crippen molar-refractivity contribution in [3.8, 4) is 6.07 Å². The second kappa shape index (κ2) is 7.02. The number of aliphatic hydroxyl groups is 1. The van der Waals surface area contributed by atoms with Gasteiger partial charge < -0.3 is 10.4 Å². The maximum Gasteiger partial charge on any atom is 0.129 e. The smallest absolute Gasteiger partial charge is 0.129 e. The van der Waals surface area contributed by atoms with Gasteiger partial charge in [-0.3, -0.25) is 0 Å². The Morgan fingerprint density at radius 3 is 2.43 bits per heavy atom. The van der Waals surface area contributed by atoms with Crippen molar-refractivity contribution in [3.05, 3.63) is 35.1 Å². The summed E-state index contributed by atoms with van der Waals surface area (Å²) in [5.74, 6) is -0.208. The van der Waals surface area contributed by atoms with E-state index in [0.29, 0.717) is 17.7 Å². The second-order valence-corrected chi connectivity index (χ2v) is 6.63. The Morgan fingerprint density at radius 2 is 1.95 bits per heavy atom. The fourth-order valence-electron chi connectivity index (χ4n) is 2.48. The quantitative estimate of drug-likeness (QED) is 0.845. The number of hydrogen-bond acceptors (Lipinski definition) is 3. The first-order chi connectivity index (χ1) is 9.69. The minimum Gasteiger partial charge on any atom is -0.392 e. The number of rotatable bonds is 6. The lowest BCUT2D eigenvalue weighted by molar-refractivity contribution is 0.0123. The minimum atomic E-state index is -0.428. The molecule has 1 aromatic carbocycles. The maximum atomic E-state index is 14.0. The molecule has 2 unspecified atom stereocenters. The Bertz CT molecular complexity index is 520. The number of nitrogens with zero attached hydrogens (tertiary/aromatic N) is 1. The summed E-state index contributed by atoms with van der Waals surface area (Å²) < 4.78 is 14.0. The van der Waals surface area contributed by atoms with E-state index in [9.17, 15) is 9.50 Å². The van der Waals surface area contributed by atoms with Crippen LogP contribution in [0.4, 0.5) is 4.39 Å². The molecule has 3 nitrogen and oxygen atoms in total. The molecular weight excluding hydrogens is 267 g/mol. The normalized spacial score (nSPS) is 14.8. The van der Waals surface area contributed by atoms with Gasteiger partial charge >= 0.3 is 0 Å². The van der Waals surface area contributed by atoms with Crippen molar-refractivity contribution < 1.29 is 9.50 Å². The van der Waals surface area contributed by atoms with Crippen LogP contribution in [0.3, 0.4) is 0 Å². The van der Waals surface area contributed by atoms with E-state index >= 15 is 0 Å². The van der Waals surface area contributed by atoms with Crippen LogP contribution in [0.2, 0.25) is 0 Å². The van der Waals surface area contributed by atoms with E-state index in [-0.39, 0.29) is 23.2 Å². The van der Waals surface area contributed by atoms with Crippen molar-refractivity contribution in [1.82, 2.24) is 5.32 Å².